The summed E-state index contributed by atoms with van der Waals surface area (Å²) in [4.78, 5) is 19.7. The van der Waals surface area contributed by atoms with Crippen molar-refractivity contribution in [1.82, 2.24) is 9.97 Å². The summed E-state index contributed by atoms with van der Waals surface area (Å²) in [5.74, 6) is 0.00353. The molecule has 0 bridgehead atoms. The lowest BCUT2D eigenvalue weighted by Crippen LogP contribution is -2.04. The first-order valence-electron chi connectivity index (χ1n) is 7.89. The number of rotatable bonds is 5. The third kappa shape index (κ3) is 3.92. The number of benzene rings is 2. The number of para-hydroxylation sites is 1. The zero-order valence-corrected chi connectivity index (χ0v) is 15.0. The Labute approximate surface area is 155 Å². The number of carboxylic acid groups (broad SMARTS) is 1. The fourth-order valence-corrected chi connectivity index (χ4v) is 2.98. The molecular weight excluding hydrogens is 352 g/mol. The minimum atomic E-state index is -1.01. The van der Waals surface area contributed by atoms with Gasteiger partial charge in [-0.05, 0) is 43.2 Å². The Morgan fingerprint density at radius 1 is 1.04 bits per heavy atom. The molecule has 3 aromatic rings. The number of halogens is 1. The van der Waals surface area contributed by atoms with Gasteiger partial charge in [0.2, 0.25) is 0 Å². The number of nitrogens with one attached hydrogen (secondary N) is 2. The van der Waals surface area contributed by atoms with E-state index in [2.05, 4.69) is 20.6 Å². The number of nitrogens with zero attached hydrogens (tertiary/aromatic N) is 2. The molecule has 1 aromatic heterocycles. The fraction of sp³-hybridized carbons (Fsp3) is 0.105. The van der Waals surface area contributed by atoms with Crippen LogP contribution in [0.15, 0.2) is 48.8 Å². The highest BCUT2D eigenvalue weighted by atomic mass is 35.5. The standard InChI is InChI=1S/C19H17ClN4O2/c1-11-7-12(2)18(14(20)8-11)24-17-9-16(21-10-22-17)23-15-6-4-3-5-13(15)19(25)26/h3-10H,1-2H3,(H,25,26)(H2,21,22,23,24). The van der Waals surface area contributed by atoms with Crippen LogP contribution in [0.4, 0.5) is 23.0 Å². The lowest BCUT2D eigenvalue weighted by atomic mass is 10.1. The van der Waals surface area contributed by atoms with Crippen LogP contribution < -0.4 is 10.6 Å². The van der Waals surface area contributed by atoms with Crippen LogP contribution >= 0.6 is 11.6 Å². The maximum Gasteiger partial charge on any atom is 0.337 e. The fourth-order valence-electron chi connectivity index (χ4n) is 2.61. The van der Waals surface area contributed by atoms with E-state index in [9.17, 15) is 9.90 Å². The molecule has 26 heavy (non-hydrogen) atoms. The molecule has 0 atom stereocenters. The summed E-state index contributed by atoms with van der Waals surface area (Å²) in [6.07, 6.45) is 1.39. The van der Waals surface area contributed by atoms with Gasteiger partial charge in [0.05, 0.1) is 22.0 Å². The largest absolute Gasteiger partial charge is 0.478 e. The molecule has 3 N–H and O–H groups in total. The molecule has 0 aliphatic rings. The van der Waals surface area contributed by atoms with Crippen molar-refractivity contribution in [2.24, 2.45) is 0 Å². The summed E-state index contributed by atoms with van der Waals surface area (Å²) in [7, 11) is 0. The average Bonchev–Trinajstić information content (AvgIpc) is 2.59. The third-order valence-electron chi connectivity index (χ3n) is 3.77. The van der Waals surface area contributed by atoms with Gasteiger partial charge in [0.15, 0.2) is 0 Å². The molecule has 2 aromatic carbocycles. The second kappa shape index (κ2) is 7.41. The summed E-state index contributed by atoms with van der Waals surface area (Å²) >= 11 is 6.32. The predicted molar refractivity (Wildman–Crippen MR) is 103 cm³/mol. The third-order valence-corrected chi connectivity index (χ3v) is 4.07. The van der Waals surface area contributed by atoms with Crippen LogP contribution in [0, 0.1) is 13.8 Å². The number of aryl methyl sites for hydroxylation is 2. The zero-order valence-electron chi connectivity index (χ0n) is 14.2. The van der Waals surface area contributed by atoms with Crippen LogP contribution in [0.1, 0.15) is 21.5 Å². The van der Waals surface area contributed by atoms with Gasteiger partial charge in [-0.3, -0.25) is 0 Å². The average molecular weight is 369 g/mol. The van der Waals surface area contributed by atoms with Gasteiger partial charge in [0, 0.05) is 6.07 Å². The lowest BCUT2D eigenvalue weighted by Gasteiger charge is -2.13. The van der Waals surface area contributed by atoms with E-state index < -0.39 is 5.97 Å². The minimum absolute atomic E-state index is 0.165. The summed E-state index contributed by atoms with van der Waals surface area (Å²) in [5, 5.41) is 16.1. The van der Waals surface area contributed by atoms with Gasteiger partial charge in [0.25, 0.3) is 0 Å². The number of hydrogen-bond acceptors (Lipinski definition) is 5. The van der Waals surface area contributed by atoms with Gasteiger partial charge in [-0.15, -0.1) is 0 Å². The van der Waals surface area contributed by atoms with E-state index in [4.69, 9.17) is 11.6 Å². The molecule has 6 nitrogen and oxygen atoms in total. The zero-order chi connectivity index (χ0) is 18.7. The molecule has 0 radical (unpaired) electrons. The van der Waals surface area contributed by atoms with E-state index in [-0.39, 0.29) is 5.56 Å². The molecule has 132 valence electrons. The SMILES string of the molecule is Cc1cc(C)c(Nc2cc(Nc3ccccc3C(=O)O)ncn2)c(Cl)c1. The van der Waals surface area contributed by atoms with Gasteiger partial charge in [0.1, 0.15) is 18.0 Å². The molecule has 0 spiro atoms. The van der Waals surface area contributed by atoms with Crippen molar-refractivity contribution in [1.29, 1.82) is 0 Å². The van der Waals surface area contributed by atoms with Crippen molar-refractivity contribution in [3.63, 3.8) is 0 Å². The Hall–Kier alpha value is -3.12. The van der Waals surface area contributed by atoms with Crippen LogP contribution in [0.5, 0.6) is 0 Å². The minimum Gasteiger partial charge on any atom is -0.478 e. The van der Waals surface area contributed by atoms with Crippen LogP contribution in [0.2, 0.25) is 5.02 Å². The quantitative estimate of drug-likeness (QED) is 0.591. The highest BCUT2D eigenvalue weighted by Gasteiger charge is 2.11. The molecule has 1 heterocycles. The normalized spacial score (nSPS) is 10.4. The Morgan fingerprint density at radius 3 is 2.42 bits per heavy atom. The lowest BCUT2D eigenvalue weighted by molar-refractivity contribution is 0.0698. The maximum atomic E-state index is 11.3. The number of aromatic carboxylic acids is 1. The van der Waals surface area contributed by atoms with Crippen molar-refractivity contribution in [2.45, 2.75) is 13.8 Å². The van der Waals surface area contributed by atoms with Crippen molar-refractivity contribution in [3.8, 4) is 0 Å². The first-order chi connectivity index (χ1) is 12.4. The molecule has 0 amide bonds. The van der Waals surface area contributed by atoms with Crippen LogP contribution in [-0.4, -0.2) is 21.0 Å². The van der Waals surface area contributed by atoms with E-state index in [0.717, 1.165) is 16.8 Å². The second-order valence-corrected chi connectivity index (χ2v) is 6.24. The first-order valence-corrected chi connectivity index (χ1v) is 8.27. The monoisotopic (exact) mass is 368 g/mol. The number of hydrogen-bond donors (Lipinski definition) is 3. The topological polar surface area (TPSA) is 87.1 Å². The van der Waals surface area contributed by atoms with Gasteiger partial charge < -0.3 is 15.7 Å². The predicted octanol–water partition coefficient (Wildman–Crippen LogP) is 4.93. The molecule has 0 unspecified atom stereocenters. The van der Waals surface area contributed by atoms with Crippen LogP contribution in [-0.2, 0) is 0 Å². The van der Waals surface area contributed by atoms with Crippen molar-refractivity contribution < 1.29 is 9.90 Å². The molecular formula is C19H17ClN4O2. The van der Waals surface area contributed by atoms with E-state index >= 15 is 0 Å². The Balaban J connectivity index is 1.87. The van der Waals surface area contributed by atoms with Crippen molar-refractivity contribution >= 4 is 40.6 Å². The van der Waals surface area contributed by atoms with Gasteiger partial charge in [-0.1, -0.05) is 29.8 Å². The molecule has 0 fully saturated rings. The van der Waals surface area contributed by atoms with E-state index in [1.807, 2.05) is 26.0 Å². The van der Waals surface area contributed by atoms with Crippen molar-refractivity contribution in [3.05, 3.63) is 70.5 Å². The maximum absolute atomic E-state index is 11.3. The molecule has 3 rings (SSSR count). The van der Waals surface area contributed by atoms with Crippen LogP contribution in [0.3, 0.4) is 0 Å². The van der Waals surface area contributed by atoms with Gasteiger partial charge in [-0.2, -0.15) is 0 Å². The first kappa shape index (κ1) is 17.7. The van der Waals surface area contributed by atoms with E-state index in [0.29, 0.717) is 22.3 Å². The number of aromatic nitrogens is 2. The van der Waals surface area contributed by atoms with Crippen molar-refractivity contribution in [2.75, 3.05) is 10.6 Å². The van der Waals surface area contributed by atoms with Gasteiger partial charge >= 0.3 is 5.97 Å². The molecule has 0 saturated heterocycles. The summed E-state index contributed by atoms with van der Waals surface area (Å²) in [6, 6.07) is 12.2. The second-order valence-electron chi connectivity index (χ2n) is 5.83. The molecule has 0 aliphatic heterocycles. The van der Waals surface area contributed by atoms with Gasteiger partial charge in [-0.25, -0.2) is 14.8 Å². The summed E-state index contributed by atoms with van der Waals surface area (Å²) in [6.45, 7) is 3.94. The number of carboxylic acids is 1. The highest BCUT2D eigenvalue weighted by Crippen LogP contribution is 2.30. The highest BCUT2D eigenvalue weighted by molar-refractivity contribution is 6.33. The van der Waals surface area contributed by atoms with E-state index in [1.165, 1.54) is 12.4 Å². The summed E-state index contributed by atoms with van der Waals surface area (Å²) < 4.78 is 0. The molecule has 0 saturated carbocycles. The van der Waals surface area contributed by atoms with Crippen LogP contribution in [0.25, 0.3) is 0 Å². The Morgan fingerprint density at radius 2 is 1.73 bits per heavy atom. The smallest absolute Gasteiger partial charge is 0.337 e. The van der Waals surface area contributed by atoms with E-state index in [1.54, 1.807) is 24.3 Å². The molecule has 7 heteroatoms. The summed E-state index contributed by atoms with van der Waals surface area (Å²) in [5.41, 5.74) is 3.47. The molecule has 0 aliphatic carbocycles. The number of anilines is 4. The Bertz CT molecular complexity index is 952. The number of carbonyl (C=O) groups is 1. The Kier molecular flexibility index (Phi) is 5.04.